The first kappa shape index (κ1) is 23.7. The van der Waals surface area contributed by atoms with Gasteiger partial charge in [-0.1, -0.05) is 41.9 Å². The van der Waals surface area contributed by atoms with Crippen LogP contribution in [0.25, 0.3) is 0 Å². The van der Waals surface area contributed by atoms with Crippen LogP contribution in [0.1, 0.15) is 25.0 Å². The lowest BCUT2D eigenvalue weighted by molar-refractivity contribution is -0.120. The maximum atomic E-state index is 12.3. The topological polar surface area (TPSA) is 59.9 Å². The second-order valence-corrected chi connectivity index (χ2v) is 8.71. The zero-order valence-corrected chi connectivity index (χ0v) is 19.5. The van der Waals surface area contributed by atoms with Crippen LogP contribution in [0.15, 0.2) is 82.8 Å². The van der Waals surface area contributed by atoms with Crippen LogP contribution in [-0.2, 0) is 11.4 Å². The number of hydrazone groups is 1. The van der Waals surface area contributed by atoms with Crippen LogP contribution < -0.4 is 14.9 Å². The molecular weight excluding hydrogens is 444 g/mol. The number of hydrogen-bond acceptors (Lipinski definition) is 5. The van der Waals surface area contributed by atoms with Gasteiger partial charge in [0.15, 0.2) is 11.5 Å². The fraction of sp³-hybridized carbons (Fsp3) is 0.200. The number of carbonyl (C=O) groups excluding carboxylic acids is 1. The predicted molar refractivity (Wildman–Crippen MR) is 131 cm³/mol. The molecule has 1 amide bonds. The van der Waals surface area contributed by atoms with Gasteiger partial charge in [0.25, 0.3) is 5.91 Å². The van der Waals surface area contributed by atoms with E-state index in [1.807, 2.05) is 74.5 Å². The summed E-state index contributed by atoms with van der Waals surface area (Å²) in [7, 11) is 0. The van der Waals surface area contributed by atoms with E-state index in [4.69, 9.17) is 21.1 Å². The van der Waals surface area contributed by atoms with E-state index in [-0.39, 0.29) is 11.2 Å². The number of benzene rings is 3. The van der Waals surface area contributed by atoms with Crippen LogP contribution in [-0.4, -0.2) is 24.0 Å². The molecule has 0 bridgehead atoms. The van der Waals surface area contributed by atoms with Crippen LogP contribution in [0.5, 0.6) is 11.5 Å². The van der Waals surface area contributed by atoms with Crippen molar-refractivity contribution >= 4 is 35.5 Å². The van der Waals surface area contributed by atoms with Crippen molar-refractivity contribution in [2.24, 2.45) is 5.10 Å². The Bertz CT molecular complexity index is 1040. The summed E-state index contributed by atoms with van der Waals surface area (Å²) in [6.45, 7) is 4.71. The van der Waals surface area contributed by atoms with Crippen LogP contribution in [0.4, 0.5) is 0 Å². The first-order valence-corrected chi connectivity index (χ1v) is 11.5. The van der Waals surface area contributed by atoms with Gasteiger partial charge >= 0.3 is 0 Å². The van der Waals surface area contributed by atoms with Crippen LogP contribution in [0, 0.1) is 0 Å². The Morgan fingerprint density at radius 3 is 2.53 bits per heavy atom. The lowest BCUT2D eigenvalue weighted by Crippen LogP contribution is -2.26. The molecule has 3 rings (SSSR count). The van der Waals surface area contributed by atoms with Crippen LogP contribution in [0.3, 0.4) is 0 Å². The lowest BCUT2D eigenvalue weighted by Gasteiger charge is -2.13. The molecule has 5 nitrogen and oxygen atoms in total. The second kappa shape index (κ2) is 12.2. The van der Waals surface area contributed by atoms with Crippen molar-refractivity contribution in [3.63, 3.8) is 0 Å². The number of rotatable bonds is 10. The quantitative estimate of drug-likeness (QED) is 0.227. The average molecular weight is 469 g/mol. The minimum absolute atomic E-state index is 0.186. The van der Waals surface area contributed by atoms with E-state index >= 15 is 0 Å². The molecule has 7 heteroatoms. The van der Waals surface area contributed by atoms with Gasteiger partial charge in [-0.15, -0.1) is 11.8 Å². The molecule has 0 radical (unpaired) electrons. The maximum Gasteiger partial charge on any atom is 0.253 e. The number of carbonyl (C=O) groups is 1. The van der Waals surface area contributed by atoms with E-state index in [1.165, 1.54) is 11.8 Å². The highest BCUT2D eigenvalue weighted by Gasteiger charge is 2.13. The Balaban J connectivity index is 1.57. The van der Waals surface area contributed by atoms with Gasteiger partial charge < -0.3 is 9.47 Å². The molecule has 0 fully saturated rings. The van der Waals surface area contributed by atoms with E-state index in [2.05, 4.69) is 10.5 Å². The normalized spacial score (nSPS) is 11.8. The van der Waals surface area contributed by atoms with E-state index in [9.17, 15) is 4.79 Å². The van der Waals surface area contributed by atoms with Gasteiger partial charge in [0.2, 0.25) is 0 Å². The Hall–Kier alpha value is -2.96. The molecule has 0 aliphatic heterocycles. The Morgan fingerprint density at radius 1 is 1.06 bits per heavy atom. The average Bonchev–Trinajstić information content (AvgIpc) is 2.81. The number of nitrogens with zero attached hydrogens (tertiary/aromatic N) is 1. The van der Waals surface area contributed by atoms with Crippen molar-refractivity contribution in [1.82, 2.24) is 5.43 Å². The fourth-order valence-electron chi connectivity index (χ4n) is 2.76. The van der Waals surface area contributed by atoms with E-state index in [0.29, 0.717) is 29.7 Å². The van der Waals surface area contributed by atoms with Crippen molar-refractivity contribution in [3.05, 3.63) is 88.9 Å². The summed E-state index contributed by atoms with van der Waals surface area (Å²) >= 11 is 7.34. The number of thioether (sulfide) groups is 1. The zero-order chi connectivity index (χ0) is 22.8. The molecule has 0 spiro atoms. The molecule has 166 valence electrons. The van der Waals surface area contributed by atoms with Crippen molar-refractivity contribution in [2.45, 2.75) is 30.6 Å². The molecule has 0 heterocycles. The summed E-state index contributed by atoms with van der Waals surface area (Å²) in [6, 6.07) is 22.9. The molecule has 0 saturated carbocycles. The molecular formula is C25H25ClN2O3S. The van der Waals surface area contributed by atoms with Crippen LogP contribution in [0.2, 0.25) is 5.02 Å². The Labute approximate surface area is 197 Å². The molecule has 0 aliphatic carbocycles. The summed E-state index contributed by atoms with van der Waals surface area (Å²) in [5, 5.41) is 4.45. The third-order valence-electron chi connectivity index (χ3n) is 4.39. The zero-order valence-electron chi connectivity index (χ0n) is 18.0. The molecule has 32 heavy (non-hydrogen) atoms. The molecule has 1 atom stereocenters. The van der Waals surface area contributed by atoms with Gasteiger partial charge in [0.1, 0.15) is 6.61 Å². The van der Waals surface area contributed by atoms with Gasteiger partial charge in [0, 0.05) is 9.92 Å². The standard InChI is InChI=1S/C25H25ClN2O3S/c1-3-30-24-15-20(9-14-23(24)31-17-19-7-5-4-6-8-19)16-27-28-25(29)18(2)32-22-12-10-21(26)11-13-22/h4-16,18H,3,17H2,1-2H3,(H,28,29)/b27-16-/t18-/m1/s1. The Morgan fingerprint density at radius 2 is 1.81 bits per heavy atom. The summed E-state index contributed by atoms with van der Waals surface area (Å²) < 4.78 is 11.6. The van der Waals surface area contributed by atoms with Crippen molar-refractivity contribution in [1.29, 1.82) is 0 Å². The largest absolute Gasteiger partial charge is 0.490 e. The summed E-state index contributed by atoms with van der Waals surface area (Å²) in [5.74, 6) is 1.10. The summed E-state index contributed by atoms with van der Waals surface area (Å²) in [6.07, 6.45) is 1.58. The molecule has 0 aliphatic rings. The van der Waals surface area contributed by atoms with Gasteiger partial charge in [-0.05, 0) is 67.4 Å². The maximum absolute atomic E-state index is 12.3. The third-order valence-corrected chi connectivity index (χ3v) is 5.75. The van der Waals surface area contributed by atoms with Gasteiger partial charge in [-0.3, -0.25) is 4.79 Å². The number of amides is 1. The first-order valence-electron chi connectivity index (χ1n) is 10.2. The highest BCUT2D eigenvalue weighted by atomic mass is 35.5. The monoisotopic (exact) mass is 468 g/mol. The van der Waals surface area contributed by atoms with Crippen molar-refractivity contribution in [3.8, 4) is 11.5 Å². The molecule has 3 aromatic carbocycles. The first-order chi connectivity index (χ1) is 15.5. The minimum atomic E-state index is -0.305. The third kappa shape index (κ3) is 7.32. The van der Waals surface area contributed by atoms with Gasteiger partial charge in [-0.25, -0.2) is 5.43 Å². The molecule has 0 unspecified atom stereocenters. The van der Waals surface area contributed by atoms with Crippen LogP contribution >= 0.6 is 23.4 Å². The molecule has 0 aromatic heterocycles. The smallest absolute Gasteiger partial charge is 0.253 e. The van der Waals surface area contributed by atoms with Gasteiger partial charge in [0.05, 0.1) is 18.1 Å². The van der Waals surface area contributed by atoms with E-state index < -0.39 is 0 Å². The second-order valence-electron chi connectivity index (χ2n) is 6.86. The highest BCUT2D eigenvalue weighted by molar-refractivity contribution is 8.00. The van der Waals surface area contributed by atoms with E-state index in [0.717, 1.165) is 16.0 Å². The number of halogens is 1. The number of nitrogens with one attached hydrogen (secondary N) is 1. The summed E-state index contributed by atoms with van der Waals surface area (Å²) in [5.41, 5.74) is 4.46. The number of hydrogen-bond donors (Lipinski definition) is 1. The molecule has 1 N–H and O–H groups in total. The number of ether oxygens (including phenoxy) is 2. The SMILES string of the molecule is CCOc1cc(/C=N\NC(=O)[C@@H](C)Sc2ccc(Cl)cc2)ccc1OCc1ccccc1. The van der Waals surface area contributed by atoms with Gasteiger partial charge in [-0.2, -0.15) is 5.10 Å². The van der Waals surface area contributed by atoms with Crippen molar-refractivity contribution in [2.75, 3.05) is 6.61 Å². The Kier molecular flexibility index (Phi) is 9.01. The van der Waals surface area contributed by atoms with E-state index in [1.54, 1.807) is 18.3 Å². The minimum Gasteiger partial charge on any atom is -0.490 e. The summed E-state index contributed by atoms with van der Waals surface area (Å²) in [4.78, 5) is 13.3. The molecule has 0 saturated heterocycles. The molecule has 3 aromatic rings. The highest BCUT2D eigenvalue weighted by Crippen LogP contribution is 2.29. The predicted octanol–water partition coefficient (Wildman–Crippen LogP) is 5.95. The fourth-order valence-corrected chi connectivity index (χ4v) is 3.75. The van der Waals surface area contributed by atoms with Crippen molar-refractivity contribution < 1.29 is 14.3 Å². The lowest BCUT2D eigenvalue weighted by atomic mass is 10.2.